The second-order valence-electron chi connectivity index (χ2n) is 7.60. The summed E-state index contributed by atoms with van der Waals surface area (Å²) < 4.78 is 14.9. The lowest BCUT2D eigenvalue weighted by molar-refractivity contribution is -0.117. The van der Waals surface area contributed by atoms with E-state index in [4.69, 9.17) is 5.26 Å². The number of carbonyl (C=O) groups is 3. The van der Waals surface area contributed by atoms with Crippen molar-refractivity contribution in [3.05, 3.63) is 52.6 Å². The van der Waals surface area contributed by atoms with Gasteiger partial charge in [-0.1, -0.05) is 13.8 Å². The third-order valence-electron chi connectivity index (χ3n) is 5.43. The summed E-state index contributed by atoms with van der Waals surface area (Å²) in [6.07, 6.45) is 0.438. The molecule has 158 valence electrons. The first-order valence-corrected chi connectivity index (χ1v) is 9.42. The summed E-state index contributed by atoms with van der Waals surface area (Å²) in [5, 5.41) is 21.0. The van der Waals surface area contributed by atoms with Crippen LogP contribution in [-0.4, -0.2) is 33.8 Å². The average molecular weight is 413 g/mol. The molecular formula is C22H24FN3O4. The zero-order valence-corrected chi connectivity index (χ0v) is 17.4. The predicted molar refractivity (Wildman–Crippen MR) is 109 cm³/mol. The lowest BCUT2D eigenvalue weighted by atomic mass is 9.82. The Kier molecular flexibility index (Phi) is 6.90. The van der Waals surface area contributed by atoms with Crippen LogP contribution in [0.15, 0.2) is 24.3 Å². The summed E-state index contributed by atoms with van der Waals surface area (Å²) >= 11 is 0. The van der Waals surface area contributed by atoms with Gasteiger partial charge in [0.25, 0.3) is 5.91 Å². The van der Waals surface area contributed by atoms with E-state index < -0.39 is 28.7 Å². The van der Waals surface area contributed by atoms with Gasteiger partial charge in [-0.15, -0.1) is 0 Å². The van der Waals surface area contributed by atoms with Crippen LogP contribution in [0.1, 0.15) is 58.8 Å². The summed E-state index contributed by atoms with van der Waals surface area (Å²) in [5.41, 5.74) is 0.0179. The molecule has 2 aromatic rings. The Labute approximate surface area is 174 Å². The molecule has 2 N–H and O–H groups in total. The first kappa shape index (κ1) is 23.0. The maximum absolute atomic E-state index is 13.5. The van der Waals surface area contributed by atoms with Crippen LogP contribution in [0.4, 0.5) is 10.1 Å². The van der Waals surface area contributed by atoms with Gasteiger partial charge in [-0.25, -0.2) is 4.39 Å². The lowest BCUT2D eigenvalue weighted by Gasteiger charge is -2.24. The highest BCUT2D eigenvalue weighted by molar-refractivity contribution is 6.44. The maximum Gasteiger partial charge on any atom is 0.272 e. The number of aromatic nitrogens is 1. The molecular weight excluding hydrogens is 389 g/mol. The van der Waals surface area contributed by atoms with Crippen molar-refractivity contribution in [3.8, 4) is 6.07 Å². The van der Waals surface area contributed by atoms with Crippen molar-refractivity contribution in [1.29, 1.82) is 5.26 Å². The van der Waals surface area contributed by atoms with Gasteiger partial charge in [0.2, 0.25) is 11.6 Å². The van der Waals surface area contributed by atoms with Crippen LogP contribution in [0, 0.1) is 29.5 Å². The Balaban J connectivity index is 2.28. The number of hydrogen-bond acceptors (Lipinski definition) is 5. The fraction of sp³-hybridized carbons (Fsp3) is 0.364. The minimum Gasteiger partial charge on any atom is -0.396 e. The molecule has 1 heterocycles. The Bertz CT molecular complexity index is 1050. The molecule has 0 saturated carbocycles. The number of nitrogens with zero attached hydrogens (tertiary/aromatic N) is 2. The van der Waals surface area contributed by atoms with Gasteiger partial charge >= 0.3 is 0 Å². The van der Waals surface area contributed by atoms with Crippen molar-refractivity contribution in [1.82, 2.24) is 4.57 Å². The third-order valence-corrected chi connectivity index (χ3v) is 5.43. The van der Waals surface area contributed by atoms with E-state index in [0.717, 1.165) is 6.07 Å². The van der Waals surface area contributed by atoms with E-state index in [2.05, 4.69) is 5.32 Å². The largest absolute Gasteiger partial charge is 0.396 e. The van der Waals surface area contributed by atoms with E-state index in [1.165, 1.54) is 22.8 Å². The van der Waals surface area contributed by atoms with E-state index in [1.54, 1.807) is 27.0 Å². The number of Topliss-reactive ketones (excluding diaryl/α,β-unsaturated/α-hetero) is 2. The number of aliphatic hydroxyl groups excluding tert-OH is 1. The van der Waals surface area contributed by atoms with Crippen molar-refractivity contribution in [2.75, 3.05) is 11.9 Å². The van der Waals surface area contributed by atoms with Crippen LogP contribution in [0.5, 0.6) is 0 Å². The Hall–Kier alpha value is -3.31. The second-order valence-corrected chi connectivity index (χ2v) is 7.60. The normalized spacial score (nSPS) is 12.7. The fourth-order valence-corrected chi connectivity index (χ4v) is 2.94. The number of anilines is 1. The number of amides is 1. The van der Waals surface area contributed by atoms with Crippen molar-refractivity contribution < 1.29 is 23.9 Å². The minimum atomic E-state index is -0.719. The van der Waals surface area contributed by atoms with E-state index in [-0.39, 0.29) is 35.5 Å². The van der Waals surface area contributed by atoms with Crippen LogP contribution in [0.3, 0.4) is 0 Å². The SMILES string of the molecule is CCC(C)(CO)CC(=O)C(=O)c1cc(C(=O)Nc2ccc(F)c(C#N)c2)n(C)c1C. The monoisotopic (exact) mass is 413 g/mol. The molecule has 1 aromatic carbocycles. The van der Waals surface area contributed by atoms with E-state index >= 15 is 0 Å². The van der Waals surface area contributed by atoms with Crippen LogP contribution >= 0.6 is 0 Å². The molecule has 0 aliphatic carbocycles. The number of aliphatic hydroxyl groups is 1. The second kappa shape index (κ2) is 9.01. The topological polar surface area (TPSA) is 112 Å². The first-order chi connectivity index (χ1) is 14.1. The number of ketones is 2. The number of halogens is 1. The van der Waals surface area contributed by atoms with Crippen molar-refractivity contribution in [2.45, 2.75) is 33.6 Å². The molecule has 0 saturated heterocycles. The number of hydrogen-bond donors (Lipinski definition) is 2. The third kappa shape index (κ3) is 4.63. The summed E-state index contributed by atoms with van der Waals surface area (Å²) in [7, 11) is 1.58. The van der Waals surface area contributed by atoms with E-state index in [9.17, 15) is 23.9 Å². The summed E-state index contributed by atoms with van der Waals surface area (Å²) in [6, 6.07) is 6.63. The average Bonchev–Trinajstić information content (AvgIpc) is 3.03. The minimum absolute atomic E-state index is 0.0960. The molecule has 0 aliphatic rings. The van der Waals surface area contributed by atoms with Gasteiger partial charge in [0.1, 0.15) is 17.6 Å². The van der Waals surface area contributed by atoms with Gasteiger partial charge in [0.15, 0.2) is 0 Å². The van der Waals surface area contributed by atoms with Gasteiger partial charge in [-0.2, -0.15) is 5.26 Å². The molecule has 7 nitrogen and oxygen atoms in total. The Morgan fingerprint density at radius 3 is 2.53 bits per heavy atom. The standard InChI is InChI=1S/C22H24FN3O4/c1-5-22(3,12-27)10-19(28)20(29)16-9-18(26(4)13(16)2)21(30)25-15-6-7-17(23)14(8-15)11-24/h6-9,27H,5,10,12H2,1-4H3,(H,25,30). The molecule has 2 rings (SSSR count). The highest BCUT2D eigenvalue weighted by atomic mass is 19.1. The van der Waals surface area contributed by atoms with Crippen LogP contribution in [-0.2, 0) is 11.8 Å². The number of benzene rings is 1. The number of rotatable bonds is 8. The van der Waals surface area contributed by atoms with Crippen molar-refractivity contribution in [2.24, 2.45) is 12.5 Å². The van der Waals surface area contributed by atoms with Gasteiger partial charge < -0.3 is 15.0 Å². The molecule has 0 radical (unpaired) electrons. The van der Waals surface area contributed by atoms with Gasteiger partial charge in [-0.05, 0) is 43.0 Å². The van der Waals surface area contributed by atoms with Gasteiger partial charge in [0.05, 0.1) is 5.56 Å². The number of nitriles is 1. The van der Waals surface area contributed by atoms with E-state index in [0.29, 0.717) is 12.1 Å². The molecule has 0 spiro atoms. The molecule has 30 heavy (non-hydrogen) atoms. The number of carbonyl (C=O) groups excluding carboxylic acids is 3. The molecule has 8 heteroatoms. The first-order valence-electron chi connectivity index (χ1n) is 9.42. The molecule has 1 aromatic heterocycles. The van der Waals surface area contributed by atoms with Crippen molar-refractivity contribution >= 4 is 23.2 Å². The molecule has 0 bridgehead atoms. The number of nitrogens with one attached hydrogen (secondary N) is 1. The Morgan fingerprint density at radius 2 is 1.97 bits per heavy atom. The molecule has 0 fully saturated rings. The van der Waals surface area contributed by atoms with Crippen LogP contribution in [0.25, 0.3) is 0 Å². The molecule has 1 amide bonds. The van der Waals surface area contributed by atoms with Crippen LogP contribution in [0.2, 0.25) is 0 Å². The Morgan fingerprint density at radius 1 is 1.30 bits per heavy atom. The zero-order valence-electron chi connectivity index (χ0n) is 17.4. The quantitative estimate of drug-likeness (QED) is 0.510. The maximum atomic E-state index is 13.5. The molecule has 1 unspecified atom stereocenters. The zero-order chi connectivity index (χ0) is 22.6. The molecule has 1 atom stereocenters. The smallest absolute Gasteiger partial charge is 0.272 e. The summed E-state index contributed by atoms with van der Waals surface area (Å²) in [4.78, 5) is 37.8. The van der Waals surface area contributed by atoms with Gasteiger partial charge in [-0.3, -0.25) is 14.4 Å². The highest BCUT2D eigenvalue weighted by Gasteiger charge is 2.31. The molecule has 0 aliphatic heterocycles. The summed E-state index contributed by atoms with van der Waals surface area (Å²) in [5.74, 6) is -2.62. The predicted octanol–water partition coefficient (Wildman–Crippen LogP) is 3.15. The highest BCUT2D eigenvalue weighted by Crippen LogP contribution is 2.27. The lowest BCUT2D eigenvalue weighted by Crippen LogP contribution is -2.28. The van der Waals surface area contributed by atoms with E-state index in [1.807, 2.05) is 6.92 Å². The summed E-state index contributed by atoms with van der Waals surface area (Å²) in [6.45, 7) is 4.96. The van der Waals surface area contributed by atoms with Crippen LogP contribution < -0.4 is 5.32 Å². The van der Waals surface area contributed by atoms with Crippen molar-refractivity contribution in [3.63, 3.8) is 0 Å². The fourth-order valence-electron chi connectivity index (χ4n) is 2.94. The van der Waals surface area contributed by atoms with Gasteiger partial charge in [0, 0.05) is 37.0 Å².